The Morgan fingerprint density at radius 2 is 1.58 bits per heavy atom. The molecule has 1 fully saturated rings. The number of sulfonamides is 1. The number of para-hydroxylation sites is 1. The average Bonchev–Trinajstić information content (AvgIpc) is 3.39. The maximum absolute atomic E-state index is 13.7. The number of hydrogen-bond acceptors (Lipinski definition) is 7. The largest absolute Gasteiger partial charge is 0.493 e. The van der Waals surface area contributed by atoms with Crippen molar-refractivity contribution in [1.29, 1.82) is 0 Å². The molecule has 0 spiro atoms. The van der Waals surface area contributed by atoms with Gasteiger partial charge in [-0.25, -0.2) is 8.42 Å². The number of halogens is 2. The first-order chi connectivity index (χ1) is 23.1. The maximum atomic E-state index is 13.7. The lowest BCUT2D eigenvalue weighted by atomic mass is 9.85. The predicted octanol–water partition coefficient (Wildman–Crippen LogP) is 7.90. The smallest absolute Gasteiger partial charge is 0.261 e. The highest BCUT2D eigenvalue weighted by Crippen LogP contribution is 2.40. The zero-order valence-corrected chi connectivity index (χ0v) is 28.7. The predicted molar refractivity (Wildman–Crippen MR) is 185 cm³/mol. The molecular formula is C36H34Cl2N2O7S. The van der Waals surface area contributed by atoms with Crippen molar-refractivity contribution < 1.29 is 32.2 Å². The molecule has 0 saturated carbocycles. The number of ketones is 1. The molecule has 9 nitrogen and oxygen atoms in total. The van der Waals surface area contributed by atoms with Gasteiger partial charge in [-0.2, -0.15) is 0 Å². The van der Waals surface area contributed by atoms with Crippen LogP contribution in [0.5, 0.6) is 23.0 Å². The van der Waals surface area contributed by atoms with Crippen molar-refractivity contribution in [3.8, 4) is 23.0 Å². The highest BCUT2D eigenvalue weighted by atomic mass is 35.5. The average molecular weight is 710 g/mol. The third-order valence-corrected chi connectivity index (χ3v) is 10.8. The number of methoxy groups -OCH3 is 2. The monoisotopic (exact) mass is 708 g/mol. The summed E-state index contributed by atoms with van der Waals surface area (Å²) in [6.45, 7) is 0.954. The SMILES string of the molecule is COc1cc2c(cc1OC)C(=O)[C@@H](CC1CCN(C(=O)c3cc(Cl)ccc3NS(=O)(=O)c3ccc(Oc4ccccc4Cl)cc3)CC1)C2. The van der Waals surface area contributed by atoms with Gasteiger partial charge >= 0.3 is 0 Å². The molecule has 6 rings (SSSR count). The lowest BCUT2D eigenvalue weighted by molar-refractivity contribution is 0.0670. The molecule has 0 radical (unpaired) electrons. The molecule has 0 bridgehead atoms. The van der Waals surface area contributed by atoms with Crippen LogP contribution in [-0.4, -0.2) is 52.3 Å². The van der Waals surface area contributed by atoms with Gasteiger partial charge in [-0.3, -0.25) is 14.3 Å². The van der Waals surface area contributed by atoms with Crippen LogP contribution in [-0.2, 0) is 16.4 Å². The first kappa shape index (κ1) is 33.6. The third kappa shape index (κ3) is 7.11. The lowest BCUT2D eigenvalue weighted by Gasteiger charge is -2.33. The summed E-state index contributed by atoms with van der Waals surface area (Å²) in [6, 6.07) is 21.0. The highest BCUT2D eigenvalue weighted by molar-refractivity contribution is 7.92. The molecule has 1 amide bonds. The summed E-state index contributed by atoms with van der Waals surface area (Å²) in [5.41, 5.74) is 1.94. The fourth-order valence-corrected chi connectivity index (χ4v) is 7.79. The molecule has 0 unspecified atom stereocenters. The van der Waals surface area contributed by atoms with Crippen LogP contribution in [0.3, 0.4) is 0 Å². The van der Waals surface area contributed by atoms with Crippen molar-refractivity contribution in [2.75, 3.05) is 32.0 Å². The summed E-state index contributed by atoms with van der Waals surface area (Å²) >= 11 is 12.4. The molecule has 1 atom stereocenters. The van der Waals surface area contributed by atoms with Gasteiger partial charge in [0.25, 0.3) is 15.9 Å². The van der Waals surface area contributed by atoms with Crippen LogP contribution in [0.15, 0.2) is 83.8 Å². The van der Waals surface area contributed by atoms with Gasteiger partial charge in [0.1, 0.15) is 11.5 Å². The highest BCUT2D eigenvalue weighted by Gasteiger charge is 2.35. The van der Waals surface area contributed by atoms with E-state index in [-0.39, 0.29) is 39.7 Å². The number of nitrogens with one attached hydrogen (secondary N) is 1. The van der Waals surface area contributed by atoms with Crippen molar-refractivity contribution in [3.63, 3.8) is 0 Å². The van der Waals surface area contributed by atoms with Crippen LogP contribution in [0.25, 0.3) is 0 Å². The Hall–Kier alpha value is -4.25. The minimum absolute atomic E-state index is 0.0105. The fourth-order valence-electron chi connectivity index (χ4n) is 6.36. The van der Waals surface area contributed by atoms with Gasteiger partial charge in [0, 0.05) is 29.6 Å². The van der Waals surface area contributed by atoms with Gasteiger partial charge in [-0.1, -0.05) is 35.3 Å². The Balaban J connectivity index is 1.09. The molecule has 12 heteroatoms. The fraction of sp³-hybridized carbons (Fsp3) is 0.278. The van der Waals surface area contributed by atoms with Gasteiger partial charge in [-0.15, -0.1) is 0 Å². The lowest BCUT2D eigenvalue weighted by Crippen LogP contribution is -2.39. The summed E-state index contributed by atoms with van der Waals surface area (Å²) in [7, 11) is -0.934. The Kier molecular flexibility index (Phi) is 9.87. The molecule has 250 valence electrons. The number of rotatable bonds is 10. The van der Waals surface area contributed by atoms with E-state index in [9.17, 15) is 18.0 Å². The van der Waals surface area contributed by atoms with E-state index < -0.39 is 10.0 Å². The van der Waals surface area contributed by atoms with Crippen molar-refractivity contribution in [1.82, 2.24) is 4.90 Å². The van der Waals surface area contributed by atoms with E-state index in [1.807, 2.05) is 6.07 Å². The van der Waals surface area contributed by atoms with Gasteiger partial charge in [0.15, 0.2) is 17.3 Å². The van der Waals surface area contributed by atoms with Gasteiger partial charge in [0.05, 0.1) is 35.4 Å². The number of hydrogen-bond donors (Lipinski definition) is 1. The normalized spacial score (nSPS) is 16.4. The van der Waals surface area contributed by atoms with E-state index in [4.69, 9.17) is 37.4 Å². The maximum Gasteiger partial charge on any atom is 0.261 e. The molecule has 48 heavy (non-hydrogen) atoms. The van der Waals surface area contributed by atoms with Crippen LogP contribution in [0.4, 0.5) is 5.69 Å². The van der Waals surface area contributed by atoms with Crippen molar-refractivity contribution in [3.05, 3.63) is 106 Å². The summed E-state index contributed by atoms with van der Waals surface area (Å²) in [4.78, 5) is 28.7. The van der Waals surface area contributed by atoms with Gasteiger partial charge in [-0.05, 0) is 104 Å². The number of piperidine rings is 1. The Labute approximate surface area is 289 Å². The minimum Gasteiger partial charge on any atom is -0.493 e. The Morgan fingerprint density at radius 1 is 0.896 bits per heavy atom. The number of ether oxygens (including phenoxy) is 3. The van der Waals surface area contributed by atoms with Crippen molar-refractivity contribution in [2.24, 2.45) is 11.8 Å². The molecule has 0 aromatic heterocycles. The molecule has 1 heterocycles. The first-order valence-electron chi connectivity index (χ1n) is 15.5. The Bertz CT molecular complexity index is 1960. The first-order valence-corrected chi connectivity index (χ1v) is 17.7. The second-order valence-electron chi connectivity index (χ2n) is 11.9. The van der Waals surface area contributed by atoms with Crippen molar-refractivity contribution >= 4 is 50.6 Å². The number of Topliss-reactive ketones (excluding diaryl/α,β-unsaturated/α-hetero) is 1. The van der Waals surface area contributed by atoms with Crippen LogP contribution in [0.2, 0.25) is 10.0 Å². The van der Waals surface area contributed by atoms with Crippen LogP contribution < -0.4 is 18.9 Å². The van der Waals surface area contributed by atoms with Gasteiger partial charge in [0.2, 0.25) is 0 Å². The second kappa shape index (κ2) is 14.1. The van der Waals surface area contributed by atoms with Crippen LogP contribution in [0.1, 0.15) is 45.5 Å². The number of amides is 1. The minimum atomic E-state index is -4.06. The molecule has 4 aromatic carbocycles. The number of carbonyl (C=O) groups excluding carboxylic acids is 2. The molecule has 1 aliphatic carbocycles. The van der Waals surface area contributed by atoms with Crippen LogP contribution >= 0.6 is 23.2 Å². The summed E-state index contributed by atoms with van der Waals surface area (Å²) in [5, 5.41) is 0.738. The summed E-state index contributed by atoms with van der Waals surface area (Å²) in [5.74, 6) is 1.94. The third-order valence-electron chi connectivity index (χ3n) is 8.89. The van der Waals surface area contributed by atoms with E-state index >= 15 is 0 Å². The number of fused-ring (bicyclic) bond motifs is 1. The van der Waals surface area contributed by atoms with E-state index in [0.717, 1.165) is 24.8 Å². The van der Waals surface area contributed by atoms with Gasteiger partial charge < -0.3 is 19.1 Å². The Morgan fingerprint density at radius 3 is 2.27 bits per heavy atom. The van der Waals surface area contributed by atoms with Crippen molar-refractivity contribution in [2.45, 2.75) is 30.6 Å². The number of anilines is 1. The standard InChI is InChI=1S/C36H34Cl2N2O7S/c1-45-33-19-23-18-24(35(41)28(23)21-34(33)46-2)17-22-13-15-40(16-14-22)36(42)29-20-25(37)7-12-31(29)39-48(43,44)27-10-8-26(9-11-27)47-32-6-4-3-5-30(32)38/h3-12,19-22,24,39H,13-18H2,1-2H3/t24-/m0/s1. The quantitative estimate of drug-likeness (QED) is 0.178. The van der Waals surface area contributed by atoms with Crippen LogP contribution in [0, 0.1) is 11.8 Å². The summed E-state index contributed by atoms with van der Waals surface area (Å²) < 4.78 is 45.9. The number of benzene rings is 4. The zero-order chi connectivity index (χ0) is 34.0. The van der Waals surface area contributed by atoms with E-state index in [1.165, 1.54) is 42.5 Å². The number of carbonyl (C=O) groups is 2. The molecule has 4 aromatic rings. The molecular weight excluding hydrogens is 675 g/mol. The number of nitrogens with zero attached hydrogens (tertiary/aromatic N) is 1. The molecule has 1 aliphatic heterocycles. The molecule has 2 aliphatic rings. The zero-order valence-electron chi connectivity index (χ0n) is 26.4. The van der Waals surface area contributed by atoms with E-state index in [2.05, 4.69) is 4.72 Å². The van der Waals surface area contributed by atoms with E-state index in [0.29, 0.717) is 58.1 Å². The molecule has 1 N–H and O–H groups in total. The number of likely N-dealkylation sites (tertiary alicyclic amines) is 1. The summed E-state index contributed by atoms with van der Waals surface area (Å²) in [6.07, 6.45) is 2.83. The second-order valence-corrected chi connectivity index (χ2v) is 14.4. The molecule has 1 saturated heterocycles. The van der Waals surface area contributed by atoms with E-state index in [1.54, 1.807) is 49.5 Å². The topological polar surface area (TPSA) is 111 Å².